The topological polar surface area (TPSA) is 34.5 Å². The number of anilines is 3. The van der Waals surface area contributed by atoms with Gasteiger partial charge >= 0.3 is 6.85 Å². The monoisotopic (exact) mass is 730 g/mol. The second-order valence-corrected chi connectivity index (χ2v) is 16.8. The molecular formula is C52H35BN2O2. The molecule has 2 aliphatic heterocycles. The molecule has 0 spiro atoms. The van der Waals surface area contributed by atoms with Crippen molar-refractivity contribution in [2.75, 3.05) is 4.90 Å². The van der Waals surface area contributed by atoms with E-state index in [1.54, 1.807) is 0 Å². The van der Waals surface area contributed by atoms with Gasteiger partial charge in [0.15, 0.2) is 5.71 Å². The van der Waals surface area contributed by atoms with Crippen LogP contribution in [0.15, 0.2) is 167 Å². The van der Waals surface area contributed by atoms with Gasteiger partial charge in [0, 0.05) is 55.3 Å². The van der Waals surface area contributed by atoms with Gasteiger partial charge in [-0.05, 0) is 68.7 Å². The molecule has 0 saturated heterocycles. The van der Waals surface area contributed by atoms with E-state index in [1.165, 1.54) is 71.5 Å². The third kappa shape index (κ3) is 4.08. The average Bonchev–Trinajstić information content (AvgIpc) is 3.90. The number of hydrogen-bond donors (Lipinski definition) is 0. The summed E-state index contributed by atoms with van der Waals surface area (Å²) in [7, 11) is 0. The first-order valence-corrected chi connectivity index (χ1v) is 19.9. The van der Waals surface area contributed by atoms with Crippen LogP contribution in [-0.2, 0) is 5.41 Å². The maximum Gasteiger partial charge on any atom is 0.336 e. The maximum atomic E-state index is 6.97. The minimum Gasteiger partial charge on any atom is -0.456 e. The second-order valence-electron chi connectivity index (χ2n) is 16.8. The van der Waals surface area contributed by atoms with Crippen LogP contribution in [-0.4, -0.2) is 11.3 Å². The van der Waals surface area contributed by atoms with E-state index in [0.717, 1.165) is 50.0 Å². The van der Waals surface area contributed by atoms with Crippen molar-refractivity contribution in [2.45, 2.75) is 26.2 Å². The summed E-state index contributed by atoms with van der Waals surface area (Å²) in [5.74, 6) is 0. The van der Waals surface area contributed by atoms with E-state index in [-0.39, 0.29) is 12.3 Å². The van der Waals surface area contributed by atoms with Crippen LogP contribution in [0.5, 0.6) is 0 Å². The molecule has 0 radical (unpaired) electrons. The van der Waals surface area contributed by atoms with E-state index in [4.69, 9.17) is 8.83 Å². The molecule has 0 aliphatic carbocycles. The van der Waals surface area contributed by atoms with Gasteiger partial charge in [0.1, 0.15) is 16.7 Å². The molecule has 0 N–H and O–H groups in total. The third-order valence-corrected chi connectivity index (χ3v) is 12.7. The number of nitrogens with zero attached hydrogens (tertiary/aromatic N) is 2. The number of aromatic nitrogens is 1. The van der Waals surface area contributed by atoms with E-state index in [0.29, 0.717) is 0 Å². The summed E-state index contributed by atoms with van der Waals surface area (Å²) in [5.41, 5.74) is 16.8. The van der Waals surface area contributed by atoms with Crippen molar-refractivity contribution in [3.05, 3.63) is 163 Å². The zero-order valence-corrected chi connectivity index (χ0v) is 31.8. The fraction of sp³-hybridized carbons (Fsp3) is 0.0769. The molecule has 0 saturated carbocycles. The number of rotatable bonds is 2. The van der Waals surface area contributed by atoms with Crippen molar-refractivity contribution in [1.29, 1.82) is 0 Å². The summed E-state index contributed by atoms with van der Waals surface area (Å²) in [5, 5.41) is 8.18. The van der Waals surface area contributed by atoms with Crippen molar-refractivity contribution in [1.82, 2.24) is 4.48 Å². The second kappa shape index (κ2) is 10.9. The summed E-state index contributed by atoms with van der Waals surface area (Å²) in [6.45, 7) is 6.72. The highest BCUT2D eigenvalue weighted by Crippen LogP contribution is 2.51. The normalized spacial score (nSPS) is 13.5. The van der Waals surface area contributed by atoms with Crippen LogP contribution in [0.4, 0.5) is 17.1 Å². The number of hydrogen-bond acceptors (Lipinski definition) is 3. The predicted octanol–water partition coefficient (Wildman–Crippen LogP) is 13.0. The van der Waals surface area contributed by atoms with Crippen molar-refractivity contribution >= 4 is 101 Å². The molecule has 0 amide bonds. The van der Waals surface area contributed by atoms with Gasteiger partial charge in [-0.3, -0.25) is 0 Å². The Morgan fingerprint density at radius 2 is 1.23 bits per heavy atom. The smallest absolute Gasteiger partial charge is 0.336 e. The minimum absolute atomic E-state index is 0.0343. The van der Waals surface area contributed by atoms with E-state index >= 15 is 0 Å². The first-order valence-electron chi connectivity index (χ1n) is 19.9. The Morgan fingerprint density at radius 1 is 0.509 bits per heavy atom. The Labute approximate surface area is 329 Å². The highest BCUT2D eigenvalue weighted by atomic mass is 16.3. The Kier molecular flexibility index (Phi) is 5.96. The zero-order chi connectivity index (χ0) is 37.7. The maximum absolute atomic E-state index is 6.97. The molecule has 57 heavy (non-hydrogen) atoms. The lowest BCUT2D eigenvalue weighted by Crippen LogP contribution is -2.56. The highest BCUT2D eigenvalue weighted by Gasteiger charge is 2.45. The molecule has 4 nitrogen and oxygen atoms in total. The minimum atomic E-state index is -0.173. The molecule has 268 valence electrons. The molecular weight excluding hydrogens is 695 g/mol. The van der Waals surface area contributed by atoms with Gasteiger partial charge in [0.2, 0.25) is 0 Å². The molecule has 5 heteroatoms. The molecule has 0 unspecified atom stereocenters. The molecule has 5 heterocycles. The molecule has 8 aromatic carbocycles. The number of benzene rings is 8. The Bertz CT molecular complexity index is 3530. The predicted molar refractivity (Wildman–Crippen MR) is 239 cm³/mol. The Morgan fingerprint density at radius 3 is 2.05 bits per heavy atom. The standard InChI is InChI=1S/C52H35BN2O2/c1-52(2,3)32-24-25-42(38(27-32)30-14-5-4-6-15-30)54-43-29-46-39(34-18-9-11-22-44(34)56-46)28-41(43)53-48-40(26-31-16-7-8-17-33(31)50(48)54)35-20-13-21-37-47-36-19-10-12-23-45(36)57-51(47)55(53)49(35)37/h4-29H,1-3H3. The summed E-state index contributed by atoms with van der Waals surface area (Å²) in [6.07, 6.45) is 0. The summed E-state index contributed by atoms with van der Waals surface area (Å²) >= 11 is 0. The first kappa shape index (κ1) is 31.3. The molecule has 13 rings (SSSR count). The van der Waals surface area contributed by atoms with Gasteiger partial charge in [-0.1, -0.05) is 142 Å². The van der Waals surface area contributed by atoms with Gasteiger partial charge in [0.05, 0.1) is 16.8 Å². The van der Waals surface area contributed by atoms with Gasteiger partial charge in [-0.15, -0.1) is 0 Å². The van der Waals surface area contributed by atoms with Crippen molar-refractivity contribution < 1.29 is 8.83 Å². The fourth-order valence-corrected chi connectivity index (χ4v) is 10.1. The van der Waals surface area contributed by atoms with E-state index < -0.39 is 0 Å². The lowest BCUT2D eigenvalue weighted by atomic mass is 9.44. The fourth-order valence-electron chi connectivity index (χ4n) is 10.1. The van der Waals surface area contributed by atoms with Crippen LogP contribution >= 0.6 is 0 Å². The van der Waals surface area contributed by atoms with Gasteiger partial charge in [0.25, 0.3) is 0 Å². The van der Waals surface area contributed by atoms with E-state index in [1.807, 2.05) is 0 Å². The SMILES string of the molecule is CC(C)(C)c1ccc(N2c3cc4oc5ccccc5c4cc3B3c4c(cc5ccccc5c42)-c2cccc4c5c6ccccc6oc5n3c24)c(-c2ccccc2)c1. The summed E-state index contributed by atoms with van der Waals surface area (Å²) in [4.78, 5) is 2.55. The average molecular weight is 731 g/mol. The van der Waals surface area contributed by atoms with Crippen molar-refractivity contribution in [2.24, 2.45) is 0 Å². The Hall–Kier alpha value is -6.98. The lowest BCUT2D eigenvalue weighted by molar-refractivity contribution is 0.590. The van der Waals surface area contributed by atoms with Crippen molar-refractivity contribution in [3.63, 3.8) is 0 Å². The molecule has 2 aliphatic rings. The number of para-hydroxylation sites is 3. The molecule has 3 aromatic heterocycles. The van der Waals surface area contributed by atoms with Crippen LogP contribution < -0.4 is 15.8 Å². The summed E-state index contributed by atoms with van der Waals surface area (Å²) in [6, 6.07) is 57.7. The summed E-state index contributed by atoms with van der Waals surface area (Å²) < 4.78 is 16.2. The zero-order valence-electron chi connectivity index (χ0n) is 31.8. The van der Waals surface area contributed by atoms with Crippen LogP contribution in [0.25, 0.3) is 87.9 Å². The first-order chi connectivity index (χ1) is 27.9. The lowest BCUT2D eigenvalue weighted by Gasteiger charge is -2.41. The van der Waals surface area contributed by atoms with E-state index in [9.17, 15) is 0 Å². The van der Waals surface area contributed by atoms with Gasteiger partial charge in [-0.25, -0.2) is 0 Å². The van der Waals surface area contributed by atoms with Crippen LogP contribution in [0.3, 0.4) is 0 Å². The molecule has 11 aromatic rings. The number of furan rings is 2. The van der Waals surface area contributed by atoms with Crippen LogP contribution in [0.1, 0.15) is 26.3 Å². The third-order valence-electron chi connectivity index (χ3n) is 12.7. The van der Waals surface area contributed by atoms with Gasteiger partial charge < -0.3 is 18.2 Å². The largest absolute Gasteiger partial charge is 0.456 e. The van der Waals surface area contributed by atoms with Crippen molar-refractivity contribution in [3.8, 4) is 22.3 Å². The van der Waals surface area contributed by atoms with Crippen LogP contribution in [0.2, 0.25) is 0 Å². The number of fused-ring (bicyclic) bond motifs is 14. The molecule has 0 fully saturated rings. The molecule has 0 atom stereocenters. The highest BCUT2D eigenvalue weighted by molar-refractivity contribution is 6.90. The van der Waals surface area contributed by atoms with Gasteiger partial charge in [-0.2, -0.15) is 0 Å². The quantitative estimate of drug-likeness (QED) is 0.166. The van der Waals surface area contributed by atoms with Crippen LogP contribution in [0, 0.1) is 0 Å². The molecule has 0 bridgehead atoms. The Balaban J connectivity index is 1.25. The van der Waals surface area contributed by atoms with E-state index in [2.05, 4.69) is 188 Å².